The Balaban J connectivity index is 0.00000121. The van der Waals surface area contributed by atoms with E-state index in [0.717, 1.165) is 11.1 Å². The van der Waals surface area contributed by atoms with Crippen molar-refractivity contribution in [1.29, 1.82) is 0 Å². The number of rotatable bonds is 1. The van der Waals surface area contributed by atoms with Crippen molar-refractivity contribution in [3.8, 4) is 0 Å². The number of benzene rings is 1. The van der Waals surface area contributed by atoms with Gasteiger partial charge >= 0.3 is 29.6 Å². The van der Waals surface area contributed by atoms with E-state index >= 15 is 0 Å². The minimum atomic E-state index is -1.11. The van der Waals surface area contributed by atoms with Crippen LogP contribution in [0.4, 0.5) is 0 Å². The third kappa shape index (κ3) is 2.97. The maximum atomic E-state index is 10.4. The molecule has 0 saturated carbocycles. The van der Waals surface area contributed by atoms with Crippen LogP contribution in [0.5, 0.6) is 0 Å². The Labute approximate surface area is 93.9 Å². The summed E-state index contributed by atoms with van der Waals surface area (Å²) in [4.78, 5) is 10.4. The molecule has 58 valence electrons. The van der Waals surface area contributed by atoms with Crippen molar-refractivity contribution >= 4 is 5.97 Å². The zero-order valence-electron chi connectivity index (χ0n) is 7.55. The number of carboxylic acids is 1. The van der Waals surface area contributed by atoms with Gasteiger partial charge in [-0.2, -0.15) is 0 Å². The number of hydrogen-bond acceptors (Lipinski definition) is 2. The summed E-state index contributed by atoms with van der Waals surface area (Å²) in [6.07, 6.45) is 0. The van der Waals surface area contributed by atoms with Gasteiger partial charge < -0.3 is 9.90 Å². The molecule has 0 bridgehead atoms. The van der Waals surface area contributed by atoms with Gasteiger partial charge in [0.05, 0.1) is 5.97 Å². The van der Waals surface area contributed by atoms with Gasteiger partial charge in [-0.15, -0.1) is 0 Å². The molecule has 0 fully saturated rings. The second-order valence-electron chi connectivity index (χ2n) is 2.66. The van der Waals surface area contributed by atoms with Gasteiger partial charge in [0.25, 0.3) is 0 Å². The fourth-order valence-electron chi connectivity index (χ4n) is 1.09. The summed E-state index contributed by atoms with van der Waals surface area (Å²) < 4.78 is 0. The largest absolute Gasteiger partial charge is 1.00 e. The Morgan fingerprint density at radius 2 is 1.58 bits per heavy atom. The molecule has 0 aliphatic rings. The van der Waals surface area contributed by atoms with E-state index in [1.54, 1.807) is 12.1 Å². The van der Waals surface area contributed by atoms with E-state index in [0.29, 0.717) is 0 Å². The standard InChI is InChI=1S/C9H10O2.Na/c1-6-3-7(2)5-8(4-6)9(10)11;/h3-5H,1-2H3,(H,10,11);/q;+1/p-1. The number of hydrogen-bond donors (Lipinski definition) is 0. The predicted molar refractivity (Wildman–Crippen MR) is 40.2 cm³/mol. The molecule has 0 saturated heterocycles. The van der Waals surface area contributed by atoms with Gasteiger partial charge in [-0.25, -0.2) is 0 Å². The first-order valence-corrected chi connectivity index (χ1v) is 3.39. The molecule has 0 atom stereocenters. The maximum Gasteiger partial charge on any atom is 1.00 e. The van der Waals surface area contributed by atoms with Gasteiger partial charge in [0.15, 0.2) is 0 Å². The summed E-state index contributed by atoms with van der Waals surface area (Å²) in [7, 11) is 0. The zero-order valence-corrected chi connectivity index (χ0v) is 9.55. The van der Waals surface area contributed by atoms with E-state index in [1.165, 1.54) is 0 Å². The molecule has 0 aromatic heterocycles. The van der Waals surface area contributed by atoms with Crippen LogP contribution in [0.3, 0.4) is 0 Å². The van der Waals surface area contributed by atoms with Crippen molar-refractivity contribution in [2.75, 3.05) is 0 Å². The summed E-state index contributed by atoms with van der Waals surface area (Å²) in [6, 6.07) is 5.12. The second-order valence-corrected chi connectivity index (χ2v) is 2.66. The fraction of sp³-hybridized carbons (Fsp3) is 0.222. The van der Waals surface area contributed by atoms with Gasteiger partial charge in [-0.1, -0.05) is 29.3 Å². The molecular weight excluding hydrogens is 163 g/mol. The summed E-state index contributed by atoms with van der Waals surface area (Å²) in [5, 5.41) is 10.4. The molecule has 0 amide bonds. The van der Waals surface area contributed by atoms with Gasteiger partial charge in [-0.3, -0.25) is 0 Å². The molecule has 0 aliphatic heterocycles. The molecular formula is C9H9NaO2. The molecule has 12 heavy (non-hydrogen) atoms. The van der Waals surface area contributed by atoms with E-state index in [9.17, 15) is 9.90 Å². The number of carbonyl (C=O) groups is 1. The Hall–Kier alpha value is -0.310. The Kier molecular flexibility index (Phi) is 4.53. The van der Waals surface area contributed by atoms with Crippen molar-refractivity contribution in [1.82, 2.24) is 0 Å². The molecule has 0 aliphatic carbocycles. The van der Waals surface area contributed by atoms with Crippen LogP contribution in [-0.2, 0) is 0 Å². The molecule has 0 heterocycles. The van der Waals surface area contributed by atoms with Crippen LogP contribution < -0.4 is 34.7 Å². The average molecular weight is 172 g/mol. The van der Waals surface area contributed by atoms with Crippen molar-refractivity contribution < 1.29 is 39.5 Å². The summed E-state index contributed by atoms with van der Waals surface area (Å²) in [5.74, 6) is -1.11. The van der Waals surface area contributed by atoms with Crippen LogP contribution >= 0.6 is 0 Å². The normalized spacial score (nSPS) is 8.83. The van der Waals surface area contributed by atoms with Gasteiger partial charge in [0, 0.05) is 0 Å². The van der Waals surface area contributed by atoms with E-state index in [1.807, 2.05) is 19.9 Å². The summed E-state index contributed by atoms with van der Waals surface area (Å²) in [6.45, 7) is 3.72. The Morgan fingerprint density at radius 1 is 1.17 bits per heavy atom. The molecule has 0 unspecified atom stereocenters. The Morgan fingerprint density at radius 3 is 1.92 bits per heavy atom. The molecule has 0 N–H and O–H groups in total. The first kappa shape index (κ1) is 11.7. The summed E-state index contributed by atoms with van der Waals surface area (Å²) in [5.41, 5.74) is 2.15. The first-order chi connectivity index (χ1) is 5.09. The molecule has 1 aromatic rings. The number of aromatic carboxylic acids is 1. The van der Waals surface area contributed by atoms with Crippen molar-refractivity contribution in [2.24, 2.45) is 0 Å². The van der Waals surface area contributed by atoms with Crippen molar-refractivity contribution in [3.05, 3.63) is 34.9 Å². The average Bonchev–Trinajstić information content (AvgIpc) is 1.85. The van der Waals surface area contributed by atoms with Crippen molar-refractivity contribution in [3.63, 3.8) is 0 Å². The number of aryl methyl sites for hydroxylation is 2. The third-order valence-corrected chi connectivity index (χ3v) is 1.46. The topological polar surface area (TPSA) is 40.1 Å². The SMILES string of the molecule is Cc1cc(C)cc(C(=O)[O-])c1.[Na+]. The van der Waals surface area contributed by atoms with Crippen LogP contribution in [0.15, 0.2) is 18.2 Å². The fourth-order valence-corrected chi connectivity index (χ4v) is 1.09. The molecule has 0 radical (unpaired) electrons. The van der Waals surface area contributed by atoms with Crippen LogP contribution in [0, 0.1) is 13.8 Å². The van der Waals surface area contributed by atoms with Gasteiger partial charge in [0.1, 0.15) is 0 Å². The van der Waals surface area contributed by atoms with Crippen LogP contribution in [-0.4, -0.2) is 5.97 Å². The zero-order chi connectivity index (χ0) is 8.43. The smallest absolute Gasteiger partial charge is 0.545 e. The van der Waals surface area contributed by atoms with E-state index in [4.69, 9.17) is 0 Å². The van der Waals surface area contributed by atoms with Crippen molar-refractivity contribution in [2.45, 2.75) is 13.8 Å². The predicted octanol–water partition coefficient (Wildman–Crippen LogP) is -2.33. The minimum absolute atomic E-state index is 0. The van der Waals surface area contributed by atoms with E-state index < -0.39 is 5.97 Å². The maximum absolute atomic E-state index is 10.4. The van der Waals surface area contributed by atoms with Crippen LogP contribution in [0.25, 0.3) is 0 Å². The summed E-state index contributed by atoms with van der Waals surface area (Å²) >= 11 is 0. The molecule has 1 aromatic carbocycles. The quantitative estimate of drug-likeness (QED) is 0.446. The molecule has 2 nitrogen and oxygen atoms in total. The Bertz CT molecular complexity index is 274. The van der Waals surface area contributed by atoms with Crippen LogP contribution in [0.1, 0.15) is 21.5 Å². The van der Waals surface area contributed by atoms with Gasteiger partial charge in [0.2, 0.25) is 0 Å². The molecule has 1 rings (SSSR count). The third-order valence-electron chi connectivity index (χ3n) is 1.46. The molecule has 3 heteroatoms. The number of carboxylic acid groups (broad SMARTS) is 1. The van der Waals surface area contributed by atoms with E-state index in [-0.39, 0.29) is 35.1 Å². The van der Waals surface area contributed by atoms with E-state index in [2.05, 4.69) is 0 Å². The van der Waals surface area contributed by atoms with Gasteiger partial charge in [-0.05, 0) is 19.4 Å². The first-order valence-electron chi connectivity index (χ1n) is 3.39. The minimum Gasteiger partial charge on any atom is -0.545 e. The van der Waals surface area contributed by atoms with Crippen LogP contribution in [0.2, 0.25) is 0 Å². The molecule has 0 spiro atoms. The monoisotopic (exact) mass is 172 g/mol. The number of carbonyl (C=O) groups excluding carboxylic acids is 1. The second kappa shape index (κ2) is 4.65.